The number of rotatable bonds is 8. The minimum Gasteiger partial charge on any atom is -0.507 e. The summed E-state index contributed by atoms with van der Waals surface area (Å²) >= 11 is 3.22. The molecule has 0 aliphatic carbocycles. The van der Waals surface area contributed by atoms with Crippen molar-refractivity contribution in [1.82, 2.24) is 0 Å². The van der Waals surface area contributed by atoms with Crippen LogP contribution in [0.2, 0.25) is 0 Å². The second-order valence-corrected chi connectivity index (χ2v) is 6.08. The van der Waals surface area contributed by atoms with E-state index < -0.39 is 0 Å². The zero-order valence-corrected chi connectivity index (χ0v) is 15.2. The molecule has 2 aromatic rings. The maximum atomic E-state index is 12.3. The fourth-order valence-electron chi connectivity index (χ4n) is 2.36. The van der Waals surface area contributed by atoms with E-state index in [-0.39, 0.29) is 47.2 Å². The molecular formula is C18H19BrO6. The van der Waals surface area contributed by atoms with Crippen molar-refractivity contribution in [2.75, 3.05) is 19.0 Å². The van der Waals surface area contributed by atoms with Gasteiger partial charge >= 0.3 is 0 Å². The van der Waals surface area contributed by atoms with Gasteiger partial charge in [0.15, 0.2) is 17.3 Å². The van der Waals surface area contributed by atoms with Gasteiger partial charge in [0.05, 0.1) is 13.7 Å². The molecule has 0 unspecified atom stereocenters. The molecule has 0 heterocycles. The summed E-state index contributed by atoms with van der Waals surface area (Å²) in [5, 5.41) is 30.5. The molecule has 0 fully saturated rings. The van der Waals surface area contributed by atoms with Crippen LogP contribution in [0.5, 0.6) is 28.7 Å². The van der Waals surface area contributed by atoms with E-state index in [1.165, 1.54) is 31.4 Å². The van der Waals surface area contributed by atoms with Gasteiger partial charge in [0, 0.05) is 35.0 Å². The van der Waals surface area contributed by atoms with Crippen LogP contribution in [0.3, 0.4) is 0 Å². The van der Waals surface area contributed by atoms with Crippen molar-refractivity contribution in [1.29, 1.82) is 0 Å². The molecule has 0 saturated heterocycles. The van der Waals surface area contributed by atoms with Crippen molar-refractivity contribution in [2.45, 2.75) is 12.8 Å². The first-order chi connectivity index (χ1) is 12.0. The third kappa shape index (κ3) is 4.79. The monoisotopic (exact) mass is 410 g/mol. The SMILES string of the molecule is COc1ccc(C(=O)CCc2c(O)cc(OCCBr)cc2O)cc1O. The van der Waals surface area contributed by atoms with Crippen LogP contribution in [-0.2, 0) is 6.42 Å². The van der Waals surface area contributed by atoms with Crippen molar-refractivity contribution in [3.63, 3.8) is 0 Å². The fourth-order valence-corrected chi connectivity index (χ4v) is 2.52. The Bertz CT molecular complexity index is 736. The largest absolute Gasteiger partial charge is 0.507 e. The van der Waals surface area contributed by atoms with Gasteiger partial charge in [-0.1, -0.05) is 15.9 Å². The number of ketones is 1. The summed E-state index contributed by atoms with van der Waals surface area (Å²) in [5.74, 6) is 0.0316. The number of phenols is 3. The summed E-state index contributed by atoms with van der Waals surface area (Å²) in [7, 11) is 1.42. The summed E-state index contributed by atoms with van der Waals surface area (Å²) in [6, 6.07) is 7.20. The number of benzene rings is 2. The Morgan fingerprint density at radius 1 is 1.08 bits per heavy atom. The Morgan fingerprint density at radius 2 is 1.76 bits per heavy atom. The first-order valence-electron chi connectivity index (χ1n) is 7.60. The minimum atomic E-state index is -0.226. The number of carbonyl (C=O) groups is 1. The van der Waals surface area contributed by atoms with Gasteiger partial charge in [0.2, 0.25) is 0 Å². The van der Waals surface area contributed by atoms with E-state index in [2.05, 4.69) is 15.9 Å². The number of ether oxygens (including phenoxy) is 2. The average Bonchev–Trinajstić information content (AvgIpc) is 2.58. The van der Waals surface area contributed by atoms with Crippen molar-refractivity contribution in [2.24, 2.45) is 0 Å². The minimum absolute atomic E-state index is 0.0640. The van der Waals surface area contributed by atoms with Crippen LogP contribution in [-0.4, -0.2) is 40.1 Å². The second kappa shape index (κ2) is 8.62. The number of Topliss-reactive ketones (excluding diaryl/α,β-unsaturated/α-hetero) is 1. The van der Waals surface area contributed by atoms with Gasteiger partial charge in [-0.05, 0) is 24.6 Å². The van der Waals surface area contributed by atoms with E-state index in [4.69, 9.17) is 9.47 Å². The standard InChI is InChI=1S/C18H19BrO6/c1-24-18-5-2-11(8-17(18)23)14(20)4-3-13-15(21)9-12(10-16(13)22)25-7-6-19/h2,5,8-10,21-23H,3-4,6-7H2,1H3. The predicted octanol–water partition coefficient (Wildman–Crippen LogP) is 3.40. The van der Waals surface area contributed by atoms with Crippen LogP contribution in [0.15, 0.2) is 30.3 Å². The van der Waals surface area contributed by atoms with Gasteiger partial charge in [0.1, 0.15) is 17.2 Å². The Balaban J connectivity index is 2.07. The lowest BCUT2D eigenvalue weighted by Gasteiger charge is -2.11. The fraction of sp³-hybridized carbons (Fsp3) is 0.278. The van der Waals surface area contributed by atoms with E-state index in [1.54, 1.807) is 6.07 Å². The molecule has 0 amide bonds. The van der Waals surface area contributed by atoms with E-state index in [0.717, 1.165) is 0 Å². The molecule has 0 spiro atoms. The maximum absolute atomic E-state index is 12.3. The van der Waals surface area contributed by atoms with Crippen LogP contribution in [0, 0.1) is 0 Å². The number of alkyl halides is 1. The smallest absolute Gasteiger partial charge is 0.163 e. The first kappa shape index (κ1) is 18.9. The van der Waals surface area contributed by atoms with Crippen molar-refractivity contribution in [3.8, 4) is 28.7 Å². The van der Waals surface area contributed by atoms with Crippen molar-refractivity contribution >= 4 is 21.7 Å². The lowest BCUT2D eigenvalue weighted by atomic mass is 10.0. The summed E-state index contributed by atoms with van der Waals surface area (Å²) in [5.41, 5.74) is 0.604. The van der Waals surface area contributed by atoms with Crippen LogP contribution in [0.1, 0.15) is 22.3 Å². The van der Waals surface area contributed by atoms with E-state index in [9.17, 15) is 20.1 Å². The Morgan fingerprint density at radius 3 is 2.32 bits per heavy atom. The van der Waals surface area contributed by atoms with E-state index in [0.29, 0.717) is 23.2 Å². The quantitative estimate of drug-likeness (QED) is 0.455. The number of phenolic OH excluding ortho intramolecular Hbond substituents is 3. The second-order valence-electron chi connectivity index (χ2n) is 5.29. The van der Waals surface area contributed by atoms with Crippen molar-refractivity contribution < 1.29 is 29.6 Å². The van der Waals surface area contributed by atoms with Gasteiger partial charge in [-0.15, -0.1) is 0 Å². The molecule has 0 saturated carbocycles. The highest BCUT2D eigenvalue weighted by Gasteiger charge is 2.15. The average molecular weight is 411 g/mol. The molecule has 0 bridgehead atoms. The molecule has 0 aromatic heterocycles. The number of carbonyl (C=O) groups excluding carboxylic acids is 1. The molecule has 0 radical (unpaired) electrons. The highest BCUT2D eigenvalue weighted by atomic mass is 79.9. The molecule has 2 aromatic carbocycles. The normalized spacial score (nSPS) is 10.5. The lowest BCUT2D eigenvalue weighted by Crippen LogP contribution is -2.02. The lowest BCUT2D eigenvalue weighted by molar-refractivity contribution is 0.0982. The van der Waals surface area contributed by atoms with Crippen molar-refractivity contribution in [3.05, 3.63) is 41.5 Å². The zero-order valence-electron chi connectivity index (χ0n) is 13.7. The van der Waals surface area contributed by atoms with E-state index in [1.807, 2.05) is 0 Å². The summed E-state index contributed by atoms with van der Waals surface area (Å²) in [6.07, 6.45) is 0.219. The molecule has 2 rings (SSSR count). The summed E-state index contributed by atoms with van der Waals surface area (Å²) in [4.78, 5) is 12.3. The zero-order chi connectivity index (χ0) is 18.4. The molecule has 0 aliphatic rings. The number of hydrogen-bond donors (Lipinski definition) is 3. The third-order valence-corrected chi connectivity index (χ3v) is 3.95. The Labute approximate surface area is 153 Å². The van der Waals surface area contributed by atoms with Gasteiger partial charge in [-0.3, -0.25) is 4.79 Å². The number of halogens is 1. The van der Waals surface area contributed by atoms with Gasteiger partial charge in [-0.25, -0.2) is 0 Å². The molecule has 7 heteroatoms. The molecule has 6 nitrogen and oxygen atoms in total. The molecule has 3 N–H and O–H groups in total. The third-order valence-electron chi connectivity index (χ3n) is 3.63. The maximum Gasteiger partial charge on any atom is 0.163 e. The molecule has 0 aliphatic heterocycles. The Kier molecular flexibility index (Phi) is 6.52. The van der Waals surface area contributed by atoms with Crippen LogP contribution in [0.4, 0.5) is 0 Å². The molecule has 134 valence electrons. The number of hydrogen-bond acceptors (Lipinski definition) is 6. The van der Waals surface area contributed by atoms with Crippen LogP contribution >= 0.6 is 15.9 Å². The number of methoxy groups -OCH3 is 1. The number of aromatic hydroxyl groups is 3. The highest BCUT2D eigenvalue weighted by molar-refractivity contribution is 9.09. The van der Waals surface area contributed by atoms with Gasteiger partial charge < -0.3 is 24.8 Å². The van der Waals surface area contributed by atoms with Gasteiger partial charge in [0.25, 0.3) is 0 Å². The molecule has 0 atom stereocenters. The molecular weight excluding hydrogens is 392 g/mol. The van der Waals surface area contributed by atoms with Crippen LogP contribution < -0.4 is 9.47 Å². The van der Waals surface area contributed by atoms with Crippen LogP contribution in [0.25, 0.3) is 0 Å². The topological polar surface area (TPSA) is 96.2 Å². The highest BCUT2D eigenvalue weighted by Crippen LogP contribution is 2.34. The van der Waals surface area contributed by atoms with Gasteiger partial charge in [-0.2, -0.15) is 0 Å². The summed E-state index contributed by atoms with van der Waals surface area (Å²) < 4.78 is 10.3. The predicted molar refractivity (Wildman–Crippen MR) is 96.4 cm³/mol. The summed E-state index contributed by atoms with van der Waals surface area (Å²) in [6.45, 7) is 0.400. The Hall–Kier alpha value is -2.41. The molecule has 25 heavy (non-hydrogen) atoms. The van der Waals surface area contributed by atoms with E-state index >= 15 is 0 Å². The first-order valence-corrected chi connectivity index (χ1v) is 8.72.